The van der Waals surface area contributed by atoms with E-state index in [1.165, 1.54) is 12.8 Å². The van der Waals surface area contributed by atoms with Gasteiger partial charge in [0.25, 0.3) is 0 Å². The van der Waals surface area contributed by atoms with Crippen LogP contribution in [0.3, 0.4) is 0 Å². The summed E-state index contributed by atoms with van der Waals surface area (Å²) in [5, 5.41) is 0. The summed E-state index contributed by atoms with van der Waals surface area (Å²) < 4.78 is 0. The van der Waals surface area contributed by atoms with Crippen LogP contribution in [0.1, 0.15) is 47.5 Å². The average molecular weight is 166 g/mol. The summed E-state index contributed by atoms with van der Waals surface area (Å²) >= 11 is 0. The van der Waals surface area contributed by atoms with Gasteiger partial charge in [-0.2, -0.15) is 0 Å². The van der Waals surface area contributed by atoms with Crippen molar-refractivity contribution in [3.05, 3.63) is 0 Å². The molecule has 0 nitrogen and oxygen atoms in total. The smallest absolute Gasteiger partial charge is 0.0215 e. The van der Waals surface area contributed by atoms with Crippen molar-refractivity contribution in [1.82, 2.24) is 0 Å². The molecule has 5 unspecified atom stereocenters. The van der Waals surface area contributed by atoms with Crippen LogP contribution in [-0.4, -0.2) is 0 Å². The molecule has 2 rings (SSSR count). The molecule has 70 valence electrons. The predicted molar refractivity (Wildman–Crippen MR) is 52.9 cm³/mol. The van der Waals surface area contributed by atoms with Gasteiger partial charge in [0.2, 0.25) is 0 Å². The second-order valence-corrected chi connectivity index (χ2v) is 5.61. The van der Waals surface area contributed by atoms with E-state index in [4.69, 9.17) is 0 Å². The van der Waals surface area contributed by atoms with E-state index in [1.54, 1.807) is 0 Å². The fourth-order valence-corrected chi connectivity index (χ4v) is 4.70. The fraction of sp³-hybridized carbons (Fsp3) is 1.00. The summed E-state index contributed by atoms with van der Waals surface area (Å²) in [6, 6.07) is 0. The zero-order valence-electron chi connectivity index (χ0n) is 9.15. The third-order valence-corrected chi connectivity index (χ3v) is 5.79. The first-order chi connectivity index (χ1) is 5.48. The van der Waals surface area contributed by atoms with Crippen LogP contribution in [0.2, 0.25) is 0 Å². The highest BCUT2D eigenvalue weighted by molar-refractivity contribution is 5.20. The lowest BCUT2D eigenvalue weighted by molar-refractivity contribution is -0.298. The van der Waals surface area contributed by atoms with Gasteiger partial charge in [-0.25, -0.2) is 0 Å². The zero-order valence-corrected chi connectivity index (χ0v) is 9.15. The first kappa shape index (κ1) is 8.59. The molecule has 2 fully saturated rings. The van der Waals surface area contributed by atoms with Crippen LogP contribution in [0, 0.1) is 28.6 Å². The lowest BCUT2D eigenvalue weighted by Gasteiger charge is -2.78. The maximum Gasteiger partial charge on any atom is -0.0215 e. The number of hydrogen-bond donors (Lipinski definition) is 0. The van der Waals surface area contributed by atoms with Gasteiger partial charge in [0.15, 0.2) is 0 Å². The summed E-state index contributed by atoms with van der Waals surface area (Å²) in [6.45, 7) is 12.3. The van der Waals surface area contributed by atoms with Crippen molar-refractivity contribution < 1.29 is 0 Å². The molecular weight excluding hydrogens is 144 g/mol. The van der Waals surface area contributed by atoms with Crippen LogP contribution in [0.15, 0.2) is 0 Å². The molecule has 12 heavy (non-hydrogen) atoms. The van der Waals surface area contributed by atoms with Crippen molar-refractivity contribution in [3.63, 3.8) is 0 Å². The largest absolute Gasteiger partial charge is 0.0651 e. The molecule has 0 bridgehead atoms. The molecule has 0 N–H and O–H groups in total. The first-order valence-corrected chi connectivity index (χ1v) is 5.48. The summed E-state index contributed by atoms with van der Waals surface area (Å²) in [5.41, 5.74) is 1.40. The van der Waals surface area contributed by atoms with Crippen LogP contribution in [0.5, 0.6) is 0 Å². The third kappa shape index (κ3) is 0.561. The standard InChI is InChI=1S/C12H22/c1-6-10-9(3)12(5)8(2)7-11(10,12)4/h8-10H,6-7H2,1-5H3. The second-order valence-electron chi connectivity index (χ2n) is 5.61. The van der Waals surface area contributed by atoms with E-state index in [0.29, 0.717) is 10.8 Å². The number of rotatable bonds is 1. The molecular formula is C12H22. The Kier molecular flexibility index (Phi) is 1.49. The van der Waals surface area contributed by atoms with Crippen molar-refractivity contribution in [2.45, 2.75) is 47.5 Å². The quantitative estimate of drug-likeness (QED) is 0.557. The molecule has 2 aliphatic rings. The van der Waals surface area contributed by atoms with Gasteiger partial charge in [-0.15, -0.1) is 0 Å². The van der Waals surface area contributed by atoms with Gasteiger partial charge >= 0.3 is 0 Å². The Labute approximate surface area is 76.7 Å². The van der Waals surface area contributed by atoms with Crippen molar-refractivity contribution >= 4 is 0 Å². The Morgan fingerprint density at radius 3 is 2.17 bits per heavy atom. The predicted octanol–water partition coefficient (Wildman–Crippen LogP) is 3.71. The molecule has 0 heteroatoms. The van der Waals surface area contributed by atoms with Gasteiger partial charge in [-0.05, 0) is 35.0 Å². The SMILES string of the molecule is CCC1C(C)C2(C)C(C)CC12C. The molecule has 2 saturated carbocycles. The van der Waals surface area contributed by atoms with Crippen molar-refractivity contribution in [1.29, 1.82) is 0 Å². The molecule has 0 amide bonds. The van der Waals surface area contributed by atoms with E-state index in [1.807, 2.05) is 0 Å². The Morgan fingerprint density at radius 1 is 1.25 bits per heavy atom. The summed E-state index contributed by atoms with van der Waals surface area (Å²) in [6.07, 6.45) is 2.87. The van der Waals surface area contributed by atoms with Gasteiger partial charge in [0, 0.05) is 0 Å². The molecule has 0 aliphatic heterocycles. The summed E-state index contributed by atoms with van der Waals surface area (Å²) in [4.78, 5) is 0. The highest BCUT2D eigenvalue weighted by atomic mass is 14.8. The molecule has 0 saturated heterocycles. The maximum absolute atomic E-state index is 2.52. The van der Waals surface area contributed by atoms with Gasteiger partial charge in [-0.1, -0.05) is 41.0 Å². The summed E-state index contributed by atoms with van der Waals surface area (Å²) in [5.74, 6) is 2.95. The number of fused-ring (bicyclic) bond motifs is 1. The number of hydrogen-bond acceptors (Lipinski definition) is 0. The average Bonchev–Trinajstić information content (AvgIpc) is 2.04. The first-order valence-electron chi connectivity index (χ1n) is 5.48. The van der Waals surface area contributed by atoms with Crippen LogP contribution < -0.4 is 0 Å². The van der Waals surface area contributed by atoms with Crippen LogP contribution in [0.4, 0.5) is 0 Å². The minimum absolute atomic E-state index is 0.688. The minimum atomic E-state index is 0.688. The Balaban J connectivity index is 2.23. The summed E-state index contributed by atoms with van der Waals surface area (Å²) in [7, 11) is 0. The molecule has 0 aromatic heterocycles. The molecule has 0 radical (unpaired) electrons. The van der Waals surface area contributed by atoms with E-state index in [-0.39, 0.29) is 0 Å². The van der Waals surface area contributed by atoms with Crippen LogP contribution in [0.25, 0.3) is 0 Å². The molecule has 0 aromatic rings. The van der Waals surface area contributed by atoms with Gasteiger partial charge in [-0.3, -0.25) is 0 Å². The molecule has 0 spiro atoms. The molecule has 0 heterocycles. The van der Waals surface area contributed by atoms with Crippen LogP contribution in [-0.2, 0) is 0 Å². The zero-order chi connectivity index (χ0) is 9.15. The van der Waals surface area contributed by atoms with Gasteiger partial charge in [0.1, 0.15) is 0 Å². The highest BCUT2D eigenvalue weighted by Gasteiger charge is 2.72. The Hall–Kier alpha value is 0. The van der Waals surface area contributed by atoms with Gasteiger partial charge < -0.3 is 0 Å². The minimum Gasteiger partial charge on any atom is -0.0651 e. The topological polar surface area (TPSA) is 0 Å². The maximum atomic E-state index is 2.52. The highest BCUT2D eigenvalue weighted by Crippen LogP contribution is 2.78. The fourth-order valence-electron chi connectivity index (χ4n) is 4.70. The van der Waals surface area contributed by atoms with E-state index in [2.05, 4.69) is 34.6 Å². The monoisotopic (exact) mass is 166 g/mol. The van der Waals surface area contributed by atoms with Crippen molar-refractivity contribution in [2.75, 3.05) is 0 Å². The lowest BCUT2D eigenvalue weighted by atomic mass is 9.27. The lowest BCUT2D eigenvalue weighted by Crippen LogP contribution is -2.72. The Bertz CT molecular complexity index is 208. The van der Waals surface area contributed by atoms with Crippen molar-refractivity contribution in [2.24, 2.45) is 28.6 Å². The molecule has 5 atom stereocenters. The van der Waals surface area contributed by atoms with Crippen LogP contribution >= 0.6 is 0 Å². The van der Waals surface area contributed by atoms with Gasteiger partial charge in [0.05, 0.1) is 0 Å². The van der Waals surface area contributed by atoms with E-state index in [0.717, 1.165) is 17.8 Å². The van der Waals surface area contributed by atoms with Crippen molar-refractivity contribution in [3.8, 4) is 0 Å². The van der Waals surface area contributed by atoms with E-state index < -0.39 is 0 Å². The molecule has 2 aliphatic carbocycles. The van der Waals surface area contributed by atoms with E-state index in [9.17, 15) is 0 Å². The third-order valence-electron chi connectivity index (χ3n) is 5.79. The molecule has 0 aromatic carbocycles. The second kappa shape index (κ2) is 2.08. The normalized spacial score (nSPS) is 63.2. The Morgan fingerprint density at radius 2 is 1.83 bits per heavy atom. The van der Waals surface area contributed by atoms with E-state index >= 15 is 0 Å².